The average molecular weight is 249 g/mol. The molecule has 0 N–H and O–H groups in total. The van der Waals surface area contributed by atoms with Gasteiger partial charge in [-0.2, -0.15) is 0 Å². The van der Waals surface area contributed by atoms with Crippen LogP contribution in [0.4, 0.5) is 0 Å². The molecule has 0 atom stereocenters. The van der Waals surface area contributed by atoms with Crippen molar-refractivity contribution in [3.63, 3.8) is 0 Å². The van der Waals surface area contributed by atoms with E-state index >= 15 is 0 Å². The largest absolute Gasteiger partial charge is 0.343 e. The molecule has 1 heterocycles. The minimum absolute atomic E-state index is 0.939. The Labute approximate surface area is 114 Å². The predicted molar refractivity (Wildman–Crippen MR) is 81.7 cm³/mol. The number of fused-ring (bicyclic) bond motifs is 1. The average Bonchev–Trinajstić information content (AvgIpc) is 2.79. The van der Waals surface area contributed by atoms with E-state index in [4.69, 9.17) is 0 Å². The second-order valence-corrected chi connectivity index (χ2v) is 5.37. The lowest BCUT2D eigenvalue weighted by molar-refractivity contribution is 0.835. The van der Waals surface area contributed by atoms with Crippen LogP contribution in [-0.4, -0.2) is 4.57 Å². The van der Waals surface area contributed by atoms with Crippen LogP contribution >= 0.6 is 0 Å². The van der Waals surface area contributed by atoms with E-state index in [1.54, 1.807) is 0 Å². The first-order valence-electron chi connectivity index (χ1n) is 6.76. The number of benzene rings is 2. The standard InChI is InChI=1S/C18H19N/c1-13-7-8-16(11-15(13)3)12-19-10-9-17-14(2)5-4-6-18(17)19/h4-11H,12H2,1-3H3. The first kappa shape index (κ1) is 12.0. The van der Waals surface area contributed by atoms with E-state index in [0.717, 1.165) is 6.54 Å². The molecule has 0 bridgehead atoms. The molecule has 0 aliphatic rings. The summed E-state index contributed by atoms with van der Waals surface area (Å²) < 4.78 is 2.33. The third-order valence-corrected chi connectivity index (χ3v) is 3.96. The van der Waals surface area contributed by atoms with Gasteiger partial charge in [-0.05, 0) is 55.2 Å². The van der Waals surface area contributed by atoms with Crippen molar-refractivity contribution in [2.24, 2.45) is 0 Å². The zero-order valence-corrected chi connectivity index (χ0v) is 11.8. The molecule has 1 heteroatoms. The summed E-state index contributed by atoms with van der Waals surface area (Å²) in [6.07, 6.45) is 2.19. The highest BCUT2D eigenvalue weighted by atomic mass is 14.9. The van der Waals surface area contributed by atoms with Crippen LogP contribution in [0.15, 0.2) is 48.7 Å². The molecular formula is C18H19N. The van der Waals surface area contributed by atoms with Gasteiger partial charge in [-0.3, -0.25) is 0 Å². The van der Waals surface area contributed by atoms with Crippen LogP contribution < -0.4 is 0 Å². The van der Waals surface area contributed by atoms with E-state index in [-0.39, 0.29) is 0 Å². The number of rotatable bonds is 2. The topological polar surface area (TPSA) is 4.93 Å². The Morgan fingerprint density at radius 1 is 0.842 bits per heavy atom. The molecule has 3 aromatic rings. The number of aryl methyl sites for hydroxylation is 3. The maximum atomic E-state index is 2.33. The van der Waals surface area contributed by atoms with Crippen molar-refractivity contribution in [1.82, 2.24) is 4.57 Å². The van der Waals surface area contributed by atoms with E-state index in [1.807, 2.05) is 0 Å². The monoisotopic (exact) mass is 249 g/mol. The summed E-state index contributed by atoms with van der Waals surface area (Å²) in [5, 5.41) is 1.35. The van der Waals surface area contributed by atoms with Crippen molar-refractivity contribution in [3.05, 3.63) is 70.9 Å². The maximum Gasteiger partial charge on any atom is 0.0486 e. The van der Waals surface area contributed by atoms with Gasteiger partial charge >= 0.3 is 0 Å². The van der Waals surface area contributed by atoms with Crippen LogP contribution in [0, 0.1) is 20.8 Å². The van der Waals surface area contributed by atoms with Crippen LogP contribution in [0.2, 0.25) is 0 Å². The fourth-order valence-electron chi connectivity index (χ4n) is 2.61. The van der Waals surface area contributed by atoms with E-state index < -0.39 is 0 Å². The molecule has 0 amide bonds. The van der Waals surface area contributed by atoms with Gasteiger partial charge in [0, 0.05) is 23.6 Å². The Morgan fingerprint density at radius 2 is 1.68 bits per heavy atom. The fraction of sp³-hybridized carbons (Fsp3) is 0.222. The van der Waals surface area contributed by atoms with Crippen LogP contribution in [0.5, 0.6) is 0 Å². The molecule has 0 spiro atoms. The molecule has 0 saturated heterocycles. The summed E-state index contributed by atoms with van der Waals surface area (Å²) in [5.41, 5.74) is 6.75. The molecule has 1 nitrogen and oxygen atoms in total. The molecule has 0 aliphatic carbocycles. The first-order chi connectivity index (χ1) is 9.15. The molecule has 0 saturated carbocycles. The lowest BCUT2D eigenvalue weighted by Crippen LogP contribution is -1.98. The Kier molecular flexibility index (Phi) is 2.90. The number of nitrogens with zero attached hydrogens (tertiary/aromatic N) is 1. The highest BCUT2D eigenvalue weighted by Gasteiger charge is 2.04. The Morgan fingerprint density at radius 3 is 2.47 bits per heavy atom. The summed E-state index contributed by atoms with van der Waals surface area (Å²) in [7, 11) is 0. The van der Waals surface area contributed by atoms with E-state index in [9.17, 15) is 0 Å². The van der Waals surface area contributed by atoms with Crippen molar-refractivity contribution in [1.29, 1.82) is 0 Å². The van der Waals surface area contributed by atoms with Crippen molar-refractivity contribution in [3.8, 4) is 0 Å². The van der Waals surface area contributed by atoms with Crippen LogP contribution in [0.1, 0.15) is 22.3 Å². The van der Waals surface area contributed by atoms with Crippen molar-refractivity contribution in [2.45, 2.75) is 27.3 Å². The second kappa shape index (κ2) is 4.58. The molecule has 0 unspecified atom stereocenters. The molecule has 0 fully saturated rings. The summed E-state index contributed by atoms with van der Waals surface area (Å²) in [5.74, 6) is 0. The number of hydrogen-bond acceptors (Lipinski definition) is 0. The van der Waals surface area contributed by atoms with E-state index in [1.165, 1.54) is 33.2 Å². The molecule has 3 rings (SSSR count). The van der Waals surface area contributed by atoms with Gasteiger partial charge in [0.15, 0.2) is 0 Å². The van der Waals surface area contributed by atoms with Gasteiger partial charge < -0.3 is 4.57 Å². The summed E-state index contributed by atoms with van der Waals surface area (Å²) in [4.78, 5) is 0. The SMILES string of the molecule is Cc1ccc(Cn2ccc3c(C)cccc32)cc1C. The van der Waals surface area contributed by atoms with Gasteiger partial charge in [0.05, 0.1) is 0 Å². The minimum Gasteiger partial charge on any atom is -0.343 e. The van der Waals surface area contributed by atoms with E-state index in [0.29, 0.717) is 0 Å². The fourth-order valence-corrected chi connectivity index (χ4v) is 2.61. The molecule has 19 heavy (non-hydrogen) atoms. The zero-order valence-electron chi connectivity index (χ0n) is 11.8. The first-order valence-corrected chi connectivity index (χ1v) is 6.76. The number of aromatic nitrogens is 1. The summed E-state index contributed by atoms with van der Waals surface area (Å²) >= 11 is 0. The lowest BCUT2D eigenvalue weighted by atomic mass is 10.1. The summed E-state index contributed by atoms with van der Waals surface area (Å²) in [6.45, 7) is 7.45. The lowest BCUT2D eigenvalue weighted by Gasteiger charge is -2.08. The highest BCUT2D eigenvalue weighted by Crippen LogP contribution is 2.21. The highest BCUT2D eigenvalue weighted by molar-refractivity contribution is 5.83. The summed E-state index contributed by atoms with van der Waals surface area (Å²) in [6, 6.07) is 15.4. The van der Waals surface area contributed by atoms with Crippen LogP contribution in [-0.2, 0) is 6.54 Å². The third-order valence-electron chi connectivity index (χ3n) is 3.96. The van der Waals surface area contributed by atoms with Gasteiger partial charge in [0.2, 0.25) is 0 Å². The Balaban J connectivity index is 2.01. The van der Waals surface area contributed by atoms with Crippen molar-refractivity contribution >= 4 is 10.9 Å². The van der Waals surface area contributed by atoms with Gasteiger partial charge in [-0.25, -0.2) is 0 Å². The van der Waals surface area contributed by atoms with E-state index in [2.05, 4.69) is 74.0 Å². The van der Waals surface area contributed by atoms with Gasteiger partial charge in [-0.1, -0.05) is 30.3 Å². The Bertz CT molecular complexity index is 735. The molecule has 0 radical (unpaired) electrons. The molecule has 1 aromatic heterocycles. The number of hydrogen-bond donors (Lipinski definition) is 0. The van der Waals surface area contributed by atoms with Crippen LogP contribution in [0.25, 0.3) is 10.9 Å². The third kappa shape index (κ3) is 2.17. The molecule has 96 valence electrons. The van der Waals surface area contributed by atoms with Gasteiger partial charge in [-0.15, -0.1) is 0 Å². The van der Waals surface area contributed by atoms with Crippen molar-refractivity contribution in [2.75, 3.05) is 0 Å². The molecular weight excluding hydrogens is 230 g/mol. The minimum atomic E-state index is 0.939. The smallest absolute Gasteiger partial charge is 0.0486 e. The predicted octanol–water partition coefficient (Wildman–Crippen LogP) is 4.61. The molecule has 0 aliphatic heterocycles. The van der Waals surface area contributed by atoms with Gasteiger partial charge in [0.1, 0.15) is 0 Å². The second-order valence-electron chi connectivity index (χ2n) is 5.37. The maximum absolute atomic E-state index is 2.33. The quantitative estimate of drug-likeness (QED) is 0.625. The Hall–Kier alpha value is -2.02. The van der Waals surface area contributed by atoms with Gasteiger partial charge in [0.25, 0.3) is 0 Å². The van der Waals surface area contributed by atoms with Crippen LogP contribution in [0.3, 0.4) is 0 Å². The normalized spacial score (nSPS) is 11.1. The van der Waals surface area contributed by atoms with Crippen molar-refractivity contribution < 1.29 is 0 Å². The molecule has 2 aromatic carbocycles. The zero-order chi connectivity index (χ0) is 13.4.